The minimum Gasteiger partial charge on any atom is -0.508 e. The quantitative estimate of drug-likeness (QED) is 0.695. The lowest BCUT2D eigenvalue weighted by molar-refractivity contribution is 0.0697. The third kappa shape index (κ3) is 3.42. The predicted molar refractivity (Wildman–Crippen MR) is 75.2 cm³/mol. The Morgan fingerprint density at radius 3 is 2.33 bits per heavy atom. The normalized spacial score (nSPS) is 11.9. The molecule has 2 aromatic carbocycles. The molecular weight excluding hydrogens is 277 g/mol. The monoisotopic (exact) mass is 291 g/mol. The van der Waals surface area contributed by atoms with E-state index in [1.165, 1.54) is 30.3 Å². The van der Waals surface area contributed by atoms with Crippen molar-refractivity contribution < 1.29 is 24.5 Å². The summed E-state index contributed by atoms with van der Waals surface area (Å²) in [4.78, 5) is 10.9. The molecule has 0 radical (unpaired) electrons. The van der Waals surface area contributed by atoms with Gasteiger partial charge < -0.3 is 20.6 Å². The number of rotatable bonds is 4. The number of anilines is 1. The lowest BCUT2D eigenvalue weighted by Crippen LogP contribution is -2.09. The Labute approximate surface area is 120 Å². The summed E-state index contributed by atoms with van der Waals surface area (Å²) in [6.45, 7) is 1.70. The van der Waals surface area contributed by atoms with E-state index in [0.717, 1.165) is 6.07 Å². The Bertz CT molecular complexity index is 667. The van der Waals surface area contributed by atoms with Gasteiger partial charge in [0, 0.05) is 12.1 Å². The molecule has 0 heterocycles. The maximum atomic E-state index is 13.7. The van der Waals surface area contributed by atoms with E-state index in [-0.39, 0.29) is 22.7 Å². The van der Waals surface area contributed by atoms with Gasteiger partial charge in [-0.25, -0.2) is 9.18 Å². The van der Waals surface area contributed by atoms with Gasteiger partial charge in [0.2, 0.25) is 0 Å². The first-order valence-electron chi connectivity index (χ1n) is 6.19. The van der Waals surface area contributed by atoms with E-state index < -0.39 is 17.8 Å². The van der Waals surface area contributed by atoms with Crippen molar-refractivity contribution in [2.24, 2.45) is 0 Å². The second-order valence-electron chi connectivity index (χ2n) is 4.65. The molecule has 110 valence electrons. The lowest BCUT2D eigenvalue weighted by atomic mass is 10.1. The van der Waals surface area contributed by atoms with Gasteiger partial charge in [-0.3, -0.25) is 0 Å². The summed E-state index contributed by atoms with van der Waals surface area (Å²) in [6.07, 6.45) is 0. The minimum atomic E-state index is -1.15. The Morgan fingerprint density at radius 1 is 1.14 bits per heavy atom. The number of aromatic hydroxyl groups is 2. The summed E-state index contributed by atoms with van der Waals surface area (Å²) in [5, 5.41) is 30.6. The molecule has 0 bridgehead atoms. The van der Waals surface area contributed by atoms with Gasteiger partial charge in [-0.05, 0) is 42.8 Å². The number of aromatic carboxylic acids is 1. The van der Waals surface area contributed by atoms with Crippen LogP contribution in [0.2, 0.25) is 0 Å². The number of phenolic OH excluding ortho intramolecular Hbond substituents is 2. The summed E-state index contributed by atoms with van der Waals surface area (Å²) in [5.74, 6) is -1.96. The number of carboxylic acid groups (broad SMARTS) is 1. The second kappa shape index (κ2) is 5.70. The fourth-order valence-corrected chi connectivity index (χ4v) is 1.95. The standard InChI is InChI=1S/C15H14FNO4/c1-8(10-4-11(18)7-12(19)5-10)17-14-6-9(15(20)21)2-3-13(14)16/h2-8,17-19H,1H3,(H,20,21). The number of phenols is 2. The maximum Gasteiger partial charge on any atom is 0.335 e. The molecule has 0 saturated heterocycles. The van der Waals surface area contributed by atoms with Crippen LogP contribution in [0.3, 0.4) is 0 Å². The van der Waals surface area contributed by atoms with Crippen molar-refractivity contribution in [2.75, 3.05) is 5.32 Å². The Balaban J connectivity index is 2.28. The highest BCUT2D eigenvalue weighted by Gasteiger charge is 2.13. The van der Waals surface area contributed by atoms with Crippen LogP contribution in [0.25, 0.3) is 0 Å². The molecule has 5 nitrogen and oxygen atoms in total. The van der Waals surface area contributed by atoms with Crippen molar-refractivity contribution in [1.82, 2.24) is 0 Å². The van der Waals surface area contributed by atoms with Crippen LogP contribution in [0.4, 0.5) is 10.1 Å². The van der Waals surface area contributed by atoms with Crippen LogP contribution in [0.1, 0.15) is 28.9 Å². The third-order valence-corrected chi connectivity index (χ3v) is 3.01. The van der Waals surface area contributed by atoms with Crippen LogP contribution in [0.15, 0.2) is 36.4 Å². The molecule has 0 spiro atoms. The fraction of sp³-hybridized carbons (Fsp3) is 0.133. The van der Waals surface area contributed by atoms with Gasteiger partial charge in [0.15, 0.2) is 0 Å². The molecule has 1 atom stereocenters. The van der Waals surface area contributed by atoms with E-state index in [1.807, 2.05) is 0 Å². The molecule has 2 rings (SSSR count). The largest absolute Gasteiger partial charge is 0.508 e. The number of halogens is 1. The van der Waals surface area contributed by atoms with Crippen LogP contribution in [-0.4, -0.2) is 21.3 Å². The third-order valence-electron chi connectivity index (χ3n) is 3.01. The number of nitrogens with one attached hydrogen (secondary N) is 1. The fourth-order valence-electron chi connectivity index (χ4n) is 1.95. The summed E-state index contributed by atoms with van der Waals surface area (Å²) in [7, 11) is 0. The van der Waals surface area contributed by atoms with Gasteiger partial charge in [0.05, 0.1) is 11.3 Å². The zero-order valence-electron chi connectivity index (χ0n) is 11.2. The molecule has 0 aliphatic rings. The highest BCUT2D eigenvalue weighted by atomic mass is 19.1. The van der Waals surface area contributed by atoms with Crippen LogP contribution in [0.5, 0.6) is 11.5 Å². The number of carbonyl (C=O) groups is 1. The summed E-state index contributed by atoms with van der Waals surface area (Å²) in [5.41, 5.74) is 0.530. The van der Waals surface area contributed by atoms with Crippen LogP contribution < -0.4 is 5.32 Å². The van der Waals surface area contributed by atoms with Crippen molar-refractivity contribution in [2.45, 2.75) is 13.0 Å². The highest BCUT2D eigenvalue weighted by molar-refractivity contribution is 5.88. The average molecular weight is 291 g/mol. The molecule has 0 fully saturated rings. The molecule has 2 aromatic rings. The van der Waals surface area contributed by atoms with Crippen LogP contribution in [0, 0.1) is 5.82 Å². The van der Waals surface area contributed by atoms with Gasteiger partial charge in [-0.1, -0.05) is 0 Å². The van der Waals surface area contributed by atoms with Crippen molar-refractivity contribution >= 4 is 11.7 Å². The Kier molecular flexibility index (Phi) is 3.98. The predicted octanol–water partition coefficient (Wildman–Crippen LogP) is 3.11. The van der Waals surface area contributed by atoms with E-state index in [9.17, 15) is 19.4 Å². The topological polar surface area (TPSA) is 89.8 Å². The average Bonchev–Trinajstić information content (AvgIpc) is 2.39. The van der Waals surface area contributed by atoms with E-state index in [1.54, 1.807) is 6.92 Å². The van der Waals surface area contributed by atoms with Crippen molar-refractivity contribution in [1.29, 1.82) is 0 Å². The first-order valence-corrected chi connectivity index (χ1v) is 6.19. The first-order chi connectivity index (χ1) is 9.86. The molecule has 1 unspecified atom stereocenters. The van der Waals surface area contributed by atoms with Crippen LogP contribution in [-0.2, 0) is 0 Å². The molecule has 0 aliphatic heterocycles. The van der Waals surface area contributed by atoms with Gasteiger partial charge in [0.1, 0.15) is 17.3 Å². The zero-order valence-corrected chi connectivity index (χ0v) is 11.2. The molecule has 0 saturated carbocycles. The number of hydrogen-bond acceptors (Lipinski definition) is 4. The smallest absolute Gasteiger partial charge is 0.335 e. The minimum absolute atomic E-state index is 0.0326. The number of hydrogen-bond donors (Lipinski definition) is 4. The van der Waals surface area contributed by atoms with Crippen molar-refractivity contribution in [3.05, 3.63) is 53.3 Å². The van der Waals surface area contributed by atoms with Crippen molar-refractivity contribution in [3.8, 4) is 11.5 Å². The molecule has 0 aliphatic carbocycles. The number of carboxylic acids is 1. The van der Waals surface area contributed by atoms with Gasteiger partial charge in [0.25, 0.3) is 0 Å². The molecular formula is C15H14FNO4. The SMILES string of the molecule is CC(Nc1cc(C(=O)O)ccc1F)c1cc(O)cc(O)c1. The van der Waals surface area contributed by atoms with Gasteiger partial charge >= 0.3 is 5.97 Å². The molecule has 6 heteroatoms. The lowest BCUT2D eigenvalue weighted by Gasteiger charge is -2.17. The highest BCUT2D eigenvalue weighted by Crippen LogP contribution is 2.28. The van der Waals surface area contributed by atoms with E-state index in [0.29, 0.717) is 5.56 Å². The summed E-state index contributed by atoms with van der Waals surface area (Å²) >= 11 is 0. The molecule has 0 aromatic heterocycles. The summed E-state index contributed by atoms with van der Waals surface area (Å²) < 4.78 is 13.7. The van der Waals surface area contributed by atoms with Crippen molar-refractivity contribution in [3.63, 3.8) is 0 Å². The van der Waals surface area contributed by atoms with Gasteiger partial charge in [-0.2, -0.15) is 0 Å². The maximum absolute atomic E-state index is 13.7. The first kappa shape index (κ1) is 14.6. The second-order valence-corrected chi connectivity index (χ2v) is 4.65. The van der Waals surface area contributed by atoms with E-state index in [4.69, 9.17) is 5.11 Å². The molecule has 21 heavy (non-hydrogen) atoms. The van der Waals surface area contributed by atoms with Crippen LogP contribution >= 0.6 is 0 Å². The summed E-state index contributed by atoms with van der Waals surface area (Å²) in [6, 6.07) is 7.03. The number of benzene rings is 2. The van der Waals surface area contributed by atoms with E-state index in [2.05, 4.69) is 5.32 Å². The molecule has 0 amide bonds. The van der Waals surface area contributed by atoms with Gasteiger partial charge in [-0.15, -0.1) is 0 Å². The van der Waals surface area contributed by atoms with E-state index >= 15 is 0 Å². The Hall–Kier alpha value is -2.76. The zero-order chi connectivity index (χ0) is 15.6. The Morgan fingerprint density at radius 2 is 1.76 bits per heavy atom. The molecule has 4 N–H and O–H groups in total.